The topological polar surface area (TPSA) is 80.0 Å². The molecule has 2 rings (SSSR count). The van der Waals surface area contributed by atoms with Crippen LogP contribution in [0.2, 0.25) is 0 Å². The fraction of sp³-hybridized carbons (Fsp3) is 0.700. The number of hydrogen-bond acceptors (Lipinski definition) is 5. The van der Waals surface area contributed by atoms with Gasteiger partial charge in [-0.3, -0.25) is 4.79 Å². The molecule has 1 fully saturated rings. The van der Waals surface area contributed by atoms with Crippen molar-refractivity contribution in [2.75, 3.05) is 6.54 Å². The van der Waals surface area contributed by atoms with Crippen LogP contribution >= 0.6 is 0 Å². The second-order valence-corrected chi connectivity index (χ2v) is 3.98. The van der Waals surface area contributed by atoms with E-state index >= 15 is 0 Å². The third-order valence-corrected chi connectivity index (χ3v) is 2.38. The number of carbonyl (C=O) groups excluding carboxylic acids is 1. The molecule has 0 atom stereocenters. The fourth-order valence-electron chi connectivity index (χ4n) is 1.36. The van der Waals surface area contributed by atoms with Gasteiger partial charge in [-0.25, -0.2) is 0 Å². The molecule has 0 spiro atoms. The van der Waals surface area contributed by atoms with Crippen LogP contribution in [0.5, 0.6) is 0 Å². The average molecular weight is 224 g/mol. The molecule has 1 aromatic heterocycles. The number of carbonyl (C=O) groups is 1. The minimum absolute atomic E-state index is 0.00982. The standard InChI is InChI=1S/C10H16N4O2/c1-7-13-9(14-16-7)6-12-10(15)4-5-11-8-2-3-8/h8,11H,2-6H2,1H3,(H,12,15). The summed E-state index contributed by atoms with van der Waals surface area (Å²) in [6, 6.07) is 0.646. The van der Waals surface area contributed by atoms with Gasteiger partial charge >= 0.3 is 0 Å². The summed E-state index contributed by atoms with van der Waals surface area (Å²) in [5.41, 5.74) is 0. The molecule has 1 aliphatic carbocycles. The summed E-state index contributed by atoms with van der Waals surface area (Å²) in [4.78, 5) is 15.4. The molecule has 1 aromatic rings. The van der Waals surface area contributed by atoms with Gasteiger partial charge in [0.15, 0.2) is 5.82 Å². The smallest absolute Gasteiger partial charge is 0.223 e. The van der Waals surface area contributed by atoms with Crippen LogP contribution in [0.25, 0.3) is 0 Å². The van der Waals surface area contributed by atoms with Gasteiger partial charge in [0.05, 0.1) is 6.54 Å². The maximum Gasteiger partial charge on any atom is 0.223 e. The molecule has 0 aliphatic heterocycles. The molecule has 1 amide bonds. The lowest BCUT2D eigenvalue weighted by molar-refractivity contribution is -0.121. The van der Waals surface area contributed by atoms with Crippen molar-refractivity contribution in [2.45, 2.75) is 38.8 Å². The summed E-state index contributed by atoms with van der Waals surface area (Å²) in [7, 11) is 0. The molecular weight excluding hydrogens is 208 g/mol. The van der Waals surface area contributed by atoms with Crippen LogP contribution in [-0.4, -0.2) is 28.6 Å². The summed E-state index contributed by atoms with van der Waals surface area (Å²) in [5.74, 6) is 1.04. The zero-order valence-electron chi connectivity index (χ0n) is 9.32. The Labute approximate surface area is 93.8 Å². The number of amides is 1. The van der Waals surface area contributed by atoms with Crippen LogP contribution in [0.3, 0.4) is 0 Å². The second-order valence-electron chi connectivity index (χ2n) is 3.98. The first-order valence-corrected chi connectivity index (χ1v) is 5.53. The quantitative estimate of drug-likeness (QED) is 0.718. The van der Waals surface area contributed by atoms with Gasteiger partial charge < -0.3 is 15.2 Å². The molecule has 0 radical (unpaired) electrons. The zero-order chi connectivity index (χ0) is 11.4. The van der Waals surface area contributed by atoms with Gasteiger partial charge in [-0.2, -0.15) is 4.98 Å². The predicted molar refractivity (Wildman–Crippen MR) is 56.5 cm³/mol. The van der Waals surface area contributed by atoms with E-state index in [0.29, 0.717) is 30.7 Å². The summed E-state index contributed by atoms with van der Waals surface area (Å²) >= 11 is 0. The van der Waals surface area contributed by atoms with Crippen LogP contribution in [0.4, 0.5) is 0 Å². The average Bonchev–Trinajstić information content (AvgIpc) is 2.98. The SMILES string of the molecule is Cc1nc(CNC(=O)CCNC2CC2)no1. The van der Waals surface area contributed by atoms with Crippen LogP contribution in [0.15, 0.2) is 4.52 Å². The first kappa shape index (κ1) is 11.1. The van der Waals surface area contributed by atoms with E-state index < -0.39 is 0 Å². The van der Waals surface area contributed by atoms with Crippen molar-refractivity contribution in [3.63, 3.8) is 0 Å². The lowest BCUT2D eigenvalue weighted by Gasteiger charge is -2.03. The molecular formula is C10H16N4O2. The van der Waals surface area contributed by atoms with E-state index in [2.05, 4.69) is 20.8 Å². The van der Waals surface area contributed by atoms with E-state index in [1.807, 2.05) is 0 Å². The van der Waals surface area contributed by atoms with Crippen LogP contribution in [0.1, 0.15) is 31.0 Å². The summed E-state index contributed by atoms with van der Waals surface area (Å²) in [5, 5.41) is 9.71. The van der Waals surface area contributed by atoms with Gasteiger partial charge in [0.25, 0.3) is 0 Å². The van der Waals surface area contributed by atoms with Crippen molar-refractivity contribution in [3.05, 3.63) is 11.7 Å². The van der Waals surface area contributed by atoms with E-state index in [1.165, 1.54) is 12.8 Å². The lowest BCUT2D eigenvalue weighted by atomic mass is 10.4. The largest absolute Gasteiger partial charge is 0.349 e. The van der Waals surface area contributed by atoms with E-state index in [9.17, 15) is 4.79 Å². The molecule has 0 unspecified atom stereocenters. The molecule has 1 heterocycles. The Morgan fingerprint density at radius 3 is 3.00 bits per heavy atom. The predicted octanol–water partition coefficient (Wildman–Crippen LogP) is 0.136. The molecule has 6 heteroatoms. The molecule has 1 saturated carbocycles. The van der Waals surface area contributed by atoms with Crippen molar-refractivity contribution >= 4 is 5.91 Å². The van der Waals surface area contributed by atoms with Gasteiger partial charge in [0, 0.05) is 25.9 Å². The molecule has 0 bridgehead atoms. The molecule has 88 valence electrons. The van der Waals surface area contributed by atoms with Crippen LogP contribution in [-0.2, 0) is 11.3 Å². The number of aryl methyl sites for hydroxylation is 1. The van der Waals surface area contributed by atoms with Gasteiger partial charge in [-0.1, -0.05) is 5.16 Å². The number of rotatable bonds is 6. The van der Waals surface area contributed by atoms with Gasteiger partial charge in [0.1, 0.15) is 0 Å². The Kier molecular flexibility index (Phi) is 3.51. The van der Waals surface area contributed by atoms with E-state index in [1.54, 1.807) is 6.92 Å². The summed E-state index contributed by atoms with van der Waals surface area (Å²) in [6.45, 7) is 2.79. The van der Waals surface area contributed by atoms with Gasteiger partial charge in [0.2, 0.25) is 11.8 Å². The maximum absolute atomic E-state index is 11.4. The minimum atomic E-state index is 0.00982. The Balaban J connectivity index is 1.59. The van der Waals surface area contributed by atoms with Crippen LogP contribution in [0, 0.1) is 6.92 Å². The third-order valence-electron chi connectivity index (χ3n) is 2.38. The monoisotopic (exact) mass is 224 g/mol. The van der Waals surface area contributed by atoms with Crippen molar-refractivity contribution in [1.29, 1.82) is 0 Å². The van der Waals surface area contributed by atoms with Gasteiger partial charge in [-0.15, -0.1) is 0 Å². The molecule has 1 aliphatic rings. The van der Waals surface area contributed by atoms with Crippen LogP contribution < -0.4 is 10.6 Å². The van der Waals surface area contributed by atoms with Gasteiger partial charge in [-0.05, 0) is 12.8 Å². The summed E-state index contributed by atoms with van der Waals surface area (Å²) < 4.78 is 4.79. The molecule has 16 heavy (non-hydrogen) atoms. The maximum atomic E-state index is 11.4. The number of nitrogens with zero attached hydrogens (tertiary/aromatic N) is 2. The molecule has 2 N–H and O–H groups in total. The highest BCUT2D eigenvalue weighted by atomic mass is 16.5. The Hall–Kier alpha value is -1.43. The van der Waals surface area contributed by atoms with E-state index in [0.717, 1.165) is 6.54 Å². The van der Waals surface area contributed by atoms with Crippen molar-refractivity contribution in [2.24, 2.45) is 0 Å². The van der Waals surface area contributed by atoms with Crippen molar-refractivity contribution < 1.29 is 9.32 Å². The zero-order valence-corrected chi connectivity index (χ0v) is 9.32. The Morgan fingerprint density at radius 1 is 1.56 bits per heavy atom. The number of aromatic nitrogens is 2. The molecule has 6 nitrogen and oxygen atoms in total. The Morgan fingerprint density at radius 2 is 2.38 bits per heavy atom. The van der Waals surface area contributed by atoms with Crippen molar-refractivity contribution in [3.8, 4) is 0 Å². The third kappa shape index (κ3) is 3.62. The first-order valence-electron chi connectivity index (χ1n) is 5.53. The molecule has 0 aromatic carbocycles. The fourth-order valence-corrected chi connectivity index (χ4v) is 1.36. The Bertz CT molecular complexity index is 359. The van der Waals surface area contributed by atoms with E-state index in [-0.39, 0.29) is 5.91 Å². The number of nitrogens with one attached hydrogen (secondary N) is 2. The lowest BCUT2D eigenvalue weighted by Crippen LogP contribution is -2.28. The second kappa shape index (κ2) is 5.07. The highest BCUT2D eigenvalue weighted by Gasteiger charge is 2.20. The first-order chi connectivity index (χ1) is 7.74. The molecule has 0 saturated heterocycles. The van der Waals surface area contributed by atoms with Crippen molar-refractivity contribution in [1.82, 2.24) is 20.8 Å². The van der Waals surface area contributed by atoms with E-state index in [4.69, 9.17) is 4.52 Å². The minimum Gasteiger partial charge on any atom is -0.349 e. The highest BCUT2D eigenvalue weighted by molar-refractivity contribution is 5.75. The number of hydrogen-bond donors (Lipinski definition) is 2. The summed E-state index contributed by atoms with van der Waals surface area (Å²) in [6.07, 6.45) is 2.97. The normalized spacial score (nSPS) is 15.1. The highest BCUT2D eigenvalue weighted by Crippen LogP contribution is 2.18.